The van der Waals surface area contributed by atoms with E-state index < -0.39 is 16.8 Å². The van der Waals surface area contributed by atoms with Crippen molar-refractivity contribution in [2.75, 3.05) is 36.5 Å². The highest BCUT2D eigenvalue weighted by atomic mass is 32.1. The number of nitrogens with one attached hydrogen (secondary N) is 2. The molecule has 0 spiro atoms. The van der Waals surface area contributed by atoms with Crippen molar-refractivity contribution in [3.8, 4) is 0 Å². The lowest BCUT2D eigenvalue weighted by molar-refractivity contribution is -0.384. The summed E-state index contributed by atoms with van der Waals surface area (Å²) in [5.74, 6) is -1.70. The standard InChI is InChI=1S/C20H20N4O6S/c1-12-14(19(26)27)3-2-4-15(12)21-20(31)22-18(25)13-5-6-16(17(11-13)24(28)29)23-7-9-30-10-8-23/h2-6,11H,7-10H2,1H3,(H,26,27)(H2,21,22,25,31). The number of thiocarbonyl (C=S) groups is 1. The number of aromatic carboxylic acids is 1. The summed E-state index contributed by atoms with van der Waals surface area (Å²) in [6.07, 6.45) is 0. The molecule has 162 valence electrons. The number of nitro groups is 1. The molecule has 31 heavy (non-hydrogen) atoms. The largest absolute Gasteiger partial charge is 0.478 e. The van der Waals surface area contributed by atoms with Crippen LogP contribution < -0.4 is 15.5 Å². The first-order valence-electron chi connectivity index (χ1n) is 9.34. The van der Waals surface area contributed by atoms with Crippen LogP contribution in [-0.2, 0) is 4.74 Å². The molecule has 1 aliphatic rings. The molecule has 1 fully saturated rings. The van der Waals surface area contributed by atoms with Crippen LogP contribution >= 0.6 is 12.2 Å². The number of morpholine rings is 1. The van der Waals surface area contributed by atoms with Gasteiger partial charge in [0, 0.05) is 30.4 Å². The quantitative estimate of drug-likeness (QED) is 0.361. The molecule has 0 aliphatic carbocycles. The molecule has 1 amide bonds. The van der Waals surface area contributed by atoms with Crippen LogP contribution in [0.3, 0.4) is 0 Å². The monoisotopic (exact) mass is 444 g/mol. The average Bonchev–Trinajstić information content (AvgIpc) is 2.75. The van der Waals surface area contributed by atoms with Gasteiger partial charge in [-0.3, -0.25) is 20.2 Å². The normalized spacial score (nSPS) is 13.4. The highest BCUT2D eigenvalue weighted by Gasteiger charge is 2.23. The summed E-state index contributed by atoms with van der Waals surface area (Å²) >= 11 is 5.15. The summed E-state index contributed by atoms with van der Waals surface area (Å²) in [6.45, 7) is 3.61. The van der Waals surface area contributed by atoms with Gasteiger partial charge in [0.25, 0.3) is 11.6 Å². The van der Waals surface area contributed by atoms with Gasteiger partial charge in [0.1, 0.15) is 5.69 Å². The van der Waals surface area contributed by atoms with Gasteiger partial charge >= 0.3 is 5.97 Å². The van der Waals surface area contributed by atoms with E-state index in [9.17, 15) is 24.8 Å². The number of nitro benzene ring substituents is 1. The number of carboxylic acids is 1. The lowest BCUT2D eigenvalue weighted by Gasteiger charge is -2.28. The Kier molecular flexibility index (Phi) is 6.78. The molecule has 1 aliphatic heterocycles. The smallest absolute Gasteiger partial charge is 0.336 e. The fourth-order valence-corrected chi connectivity index (χ4v) is 3.42. The van der Waals surface area contributed by atoms with Crippen molar-refractivity contribution in [3.05, 3.63) is 63.2 Å². The van der Waals surface area contributed by atoms with Crippen molar-refractivity contribution < 1.29 is 24.4 Å². The van der Waals surface area contributed by atoms with Gasteiger partial charge in [-0.15, -0.1) is 0 Å². The summed E-state index contributed by atoms with van der Waals surface area (Å²) in [5, 5.41) is 26.0. The number of amides is 1. The van der Waals surface area contributed by atoms with Crippen LogP contribution in [0.1, 0.15) is 26.3 Å². The van der Waals surface area contributed by atoms with Crippen LogP contribution in [-0.4, -0.2) is 53.3 Å². The van der Waals surface area contributed by atoms with Crippen molar-refractivity contribution in [3.63, 3.8) is 0 Å². The molecule has 1 saturated heterocycles. The maximum Gasteiger partial charge on any atom is 0.336 e. The van der Waals surface area contributed by atoms with E-state index in [0.717, 1.165) is 0 Å². The molecule has 0 saturated carbocycles. The number of ether oxygens (including phenoxy) is 1. The number of hydrogen-bond donors (Lipinski definition) is 3. The van der Waals surface area contributed by atoms with E-state index in [1.54, 1.807) is 19.1 Å². The van der Waals surface area contributed by atoms with Crippen molar-refractivity contribution in [1.29, 1.82) is 0 Å². The fraction of sp³-hybridized carbons (Fsp3) is 0.250. The van der Waals surface area contributed by atoms with Crippen LogP contribution in [0, 0.1) is 17.0 Å². The van der Waals surface area contributed by atoms with E-state index in [0.29, 0.717) is 43.2 Å². The molecule has 0 bridgehead atoms. The zero-order valence-electron chi connectivity index (χ0n) is 16.6. The number of nitrogens with zero attached hydrogens (tertiary/aromatic N) is 2. The molecule has 3 rings (SSSR count). The second-order valence-electron chi connectivity index (χ2n) is 6.75. The Morgan fingerprint density at radius 3 is 2.58 bits per heavy atom. The van der Waals surface area contributed by atoms with Gasteiger partial charge in [0.2, 0.25) is 0 Å². The Bertz CT molecular complexity index is 1050. The van der Waals surface area contributed by atoms with Crippen molar-refractivity contribution in [2.24, 2.45) is 0 Å². The molecule has 0 radical (unpaired) electrons. The highest BCUT2D eigenvalue weighted by molar-refractivity contribution is 7.80. The summed E-state index contributed by atoms with van der Waals surface area (Å²) < 4.78 is 5.28. The third kappa shape index (κ3) is 5.13. The number of carbonyl (C=O) groups excluding carboxylic acids is 1. The maximum atomic E-state index is 12.6. The van der Waals surface area contributed by atoms with Crippen molar-refractivity contribution >= 4 is 46.3 Å². The van der Waals surface area contributed by atoms with E-state index in [1.165, 1.54) is 24.3 Å². The fourth-order valence-electron chi connectivity index (χ4n) is 3.21. The number of rotatable bonds is 5. The minimum Gasteiger partial charge on any atom is -0.478 e. The Balaban J connectivity index is 1.75. The number of carbonyl (C=O) groups is 2. The first-order chi connectivity index (χ1) is 14.8. The van der Waals surface area contributed by atoms with Gasteiger partial charge in [-0.25, -0.2) is 4.79 Å². The Morgan fingerprint density at radius 1 is 1.23 bits per heavy atom. The maximum absolute atomic E-state index is 12.6. The summed E-state index contributed by atoms with van der Waals surface area (Å²) in [4.78, 5) is 36.7. The molecule has 3 N–H and O–H groups in total. The average molecular weight is 444 g/mol. The van der Waals surface area contributed by atoms with Gasteiger partial charge in [-0.1, -0.05) is 6.07 Å². The summed E-state index contributed by atoms with van der Waals surface area (Å²) in [5.41, 5.74) is 1.30. The molecule has 0 atom stereocenters. The molecule has 2 aromatic carbocycles. The zero-order chi connectivity index (χ0) is 22.5. The van der Waals surface area contributed by atoms with E-state index in [4.69, 9.17) is 17.0 Å². The van der Waals surface area contributed by atoms with Gasteiger partial charge in [-0.05, 0) is 49.0 Å². The minimum absolute atomic E-state index is 0.0597. The van der Waals surface area contributed by atoms with Crippen LogP contribution in [0.15, 0.2) is 36.4 Å². The summed E-state index contributed by atoms with van der Waals surface area (Å²) in [7, 11) is 0. The van der Waals surface area contributed by atoms with Gasteiger partial charge < -0.3 is 20.1 Å². The third-order valence-corrected chi connectivity index (χ3v) is 5.03. The second kappa shape index (κ2) is 9.49. The van der Waals surface area contributed by atoms with Gasteiger partial charge in [0.15, 0.2) is 5.11 Å². The first kappa shape index (κ1) is 22.1. The van der Waals surface area contributed by atoms with Crippen LogP contribution in [0.2, 0.25) is 0 Å². The molecule has 2 aromatic rings. The van der Waals surface area contributed by atoms with E-state index in [1.807, 2.05) is 4.90 Å². The third-order valence-electron chi connectivity index (χ3n) is 4.83. The van der Waals surface area contributed by atoms with E-state index in [-0.39, 0.29) is 21.9 Å². The predicted molar refractivity (Wildman–Crippen MR) is 118 cm³/mol. The SMILES string of the molecule is Cc1c(NC(=S)NC(=O)c2ccc(N3CCOCC3)c([N+](=O)[O-])c2)cccc1C(=O)O. The van der Waals surface area contributed by atoms with Gasteiger partial charge in [0.05, 0.1) is 23.7 Å². The Morgan fingerprint density at radius 2 is 1.94 bits per heavy atom. The molecular weight excluding hydrogens is 424 g/mol. The summed E-state index contributed by atoms with van der Waals surface area (Å²) in [6, 6.07) is 8.87. The lowest BCUT2D eigenvalue weighted by atomic mass is 10.1. The zero-order valence-corrected chi connectivity index (χ0v) is 17.4. The first-order valence-corrected chi connectivity index (χ1v) is 9.75. The van der Waals surface area contributed by atoms with Crippen LogP contribution in [0.4, 0.5) is 17.1 Å². The minimum atomic E-state index is -1.08. The van der Waals surface area contributed by atoms with E-state index >= 15 is 0 Å². The van der Waals surface area contributed by atoms with Gasteiger partial charge in [-0.2, -0.15) is 0 Å². The number of hydrogen-bond acceptors (Lipinski definition) is 7. The Hall–Kier alpha value is -3.57. The predicted octanol–water partition coefficient (Wildman–Crippen LogP) is 2.56. The molecule has 0 unspecified atom stereocenters. The van der Waals surface area contributed by atoms with E-state index in [2.05, 4.69) is 10.6 Å². The molecule has 11 heteroatoms. The lowest BCUT2D eigenvalue weighted by Crippen LogP contribution is -2.37. The molecule has 0 aromatic heterocycles. The number of anilines is 2. The van der Waals surface area contributed by atoms with Crippen molar-refractivity contribution in [2.45, 2.75) is 6.92 Å². The Labute approximate surface area is 183 Å². The van der Waals surface area contributed by atoms with Crippen LogP contribution in [0.25, 0.3) is 0 Å². The number of benzene rings is 2. The second-order valence-corrected chi connectivity index (χ2v) is 7.16. The molecule has 10 nitrogen and oxygen atoms in total. The molecular formula is C20H20N4O6S. The number of carboxylic acid groups (broad SMARTS) is 1. The van der Waals surface area contributed by atoms with Crippen LogP contribution in [0.5, 0.6) is 0 Å². The molecule has 1 heterocycles. The topological polar surface area (TPSA) is 134 Å². The van der Waals surface area contributed by atoms with Crippen molar-refractivity contribution in [1.82, 2.24) is 5.32 Å². The highest BCUT2D eigenvalue weighted by Crippen LogP contribution is 2.30.